The number of carbonyl (C=O) groups excluding carboxylic acids is 2. The third-order valence-corrected chi connectivity index (χ3v) is 19.8. The number of ether oxygens (including phenoxy) is 2. The van der Waals surface area contributed by atoms with Gasteiger partial charge in [0.1, 0.15) is 34.5 Å². The monoisotopic (exact) mass is 1100 g/mol. The molecule has 0 unspecified atom stereocenters. The Morgan fingerprint density at radius 1 is 0.570 bits per heavy atom. The molecule has 16 nitrogen and oxygen atoms in total. The molecule has 6 aromatic rings. The quantitative estimate of drug-likeness (QED) is 0.0689. The van der Waals surface area contributed by atoms with Gasteiger partial charge in [0.05, 0.1) is 64.2 Å². The van der Waals surface area contributed by atoms with Gasteiger partial charge in [-0.1, -0.05) is 81.4 Å². The van der Waals surface area contributed by atoms with E-state index in [1.807, 2.05) is 63.0 Å². The molecule has 0 spiro atoms. The topological polar surface area (TPSA) is 193 Å². The number of nitrogens with zero attached hydrogens (tertiary/aromatic N) is 8. The molecule has 0 aliphatic heterocycles. The van der Waals surface area contributed by atoms with Gasteiger partial charge in [-0.25, -0.2) is 19.3 Å². The first-order valence-corrected chi connectivity index (χ1v) is 30.0. The van der Waals surface area contributed by atoms with Gasteiger partial charge < -0.3 is 29.6 Å². The van der Waals surface area contributed by atoms with Crippen LogP contribution in [0.2, 0.25) is 5.04 Å². The zero-order valence-corrected chi connectivity index (χ0v) is 50.7. The van der Waals surface area contributed by atoms with Gasteiger partial charge in [0.25, 0.3) is 8.32 Å². The first-order chi connectivity index (χ1) is 36.9. The fourth-order valence-electron chi connectivity index (χ4n) is 11.0. The Hall–Kier alpha value is -6.30. The lowest BCUT2D eigenvalue weighted by Gasteiger charge is -2.47. The van der Waals surface area contributed by atoms with Crippen molar-refractivity contribution in [3.05, 3.63) is 121 Å². The lowest BCUT2D eigenvalue weighted by Crippen LogP contribution is -2.68. The summed E-state index contributed by atoms with van der Waals surface area (Å²) in [6.45, 7) is 30.9. The average Bonchev–Trinajstić information content (AvgIpc) is 4.19. The Labute approximate surface area is 470 Å². The van der Waals surface area contributed by atoms with E-state index in [-0.39, 0.29) is 40.3 Å². The zero-order chi connectivity index (χ0) is 57.7. The number of esters is 2. The summed E-state index contributed by atoms with van der Waals surface area (Å²) in [4.78, 5) is 45.8. The molecule has 17 heteroatoms. The molecule has 3 N–H and O–H groups in total. The number of nitrogens with one attached hydrogen (secondary N) is 2. The highest BCUT2D eigenvalue weighted by atomic mass is 28.4. The highest BCUT2D eigenvalue weighted by molar-refractivity contribution is 6.99. The molecule has 2 fully saturated rings. The van der Waals surface area contributed by atoms with E-state index in [0.29, 0.717) is 68.7 Å². The Morgan fingerprint density at radius 3 is 1.30 bits per heavy atom. The number of hydrogen-bond donors (Lipinski definition) is 3. The summed E-state index contributed by atoms with van der Waals surface area (Å²) in [5, 5.41) is 28.0. The number of carbonyl (C=O) groups is 2. The molecule has 426 valence electrons. The SMILES string of the molecule is CC(C)(C)OC(=O)C1(Cc2cncc(Nc3ccnn3C(C)(C)C)n2)CCC(O)CC1.CC(C)(C)OC(=O)C1(Cc2cncc(Nc3ccnn3C(C)(C)C)n2)CCC(O[Si](c2ccccc2)(c2ccccc2)C(C)(C)C)CC1. The summed E-state index contributed by atoms with van der Waals surface area (Å²) in [6, 6.07) is 25.3. The van der Waals surface area contributed by atoms with Crippen molar-refractivity contribution in [3.8, 4) is 0 Å². The summed E-state index contributed by atoms with van der Waals surface area (Å²) in [7, 11) is -2.73. The number of hydrogen-bond acceptors (Lipinski definition) is 14. The van der Waals surface area contributed by atoms with Gasteiger partial charge in [-0.05, 0) is 150 Å². The number of anilines is 4. The Kier molecular flexibility index (Phi) is 18.2. The van der Waals surface area contributed by atoms with Gasteiger partial charge in [0.2, 0.25) is 0 Å². The van der Waals surface area contributed by atoms with E-state index in [0.717, 1.165) is 30.2 Å². The van der Waals surface area contributed by atoms with E-state index >= 15 is 0 Å². The van der Waals surface area contributed by atoms with Crippen LogP contribution in [0.5, 0.6) is 0 Å². The molecule has 0 saturated heterocycles. The largest absolute Gasteiger partial charge is 0.460 e. The standard InChI is InChI=1S/C39H53N5O3Si.C23H35N5O3/c1-36(2,3)44-34(22-25-41-44)43-33-28-40-27-29(42-33)26-39(35(45)46-37(4,5)6)23-20-30(21-24-39)47-48(38(7,8)9,31-16-12-10-13-17-31)32-18-14-11-15-19-32;1-21(2,3)28-19(9-12-25-28)27-18-15-24-14-16(26-18)13-23(10-7-17(29)8-11-23)20(30)31-22(4,5)6/h10-19,22,25,27-28,30H,20-21,23-24,26H2,1-9H3,(H,42,43);9,12,14-15,17,29H,7-8,10-11,13H2,1-6H3,(H,26,27). The molecule has 79 heavy (non-hydrogen) atoms. The van der Waals surface area contributed by atoms with Gasteiger partial charge in [-0.15, -0.1) is 0 Å². The van der Waals surface area contributed by atoms with Crippen LogP contribution in [0.1, 0.15) is 167 Å². The van der Waals surface area contributed by atoms with Crippen LogP contribution in [-0.2, 0) is 47.4 Å². The molecular weight excluding hydrogens is 1010 g/mol. The van der Waals surface area contributed by atoms with Crippen LogP contribution in [0.25, 0.3) is 0 Å². The highest BCUT2D eigenvalue weighted by Crippen LogP contribution is 2.46. The summed E-state index contributed by atoms with van der Waals surface area (Å²) in [5.41, 5.74) is -1.53. The number of aliphatic hydroxyl groups excluding tert-OH is 1. The summed E-state index contributed by atoms with van der Waals surface area (Å²) in [5.74, 6) is 2.46. The molecule has 4 aromatic heterocycles. The molecular formula is C62H88N10O6Si. The third-order valence-electron chi connectivity index (χ3n) is 14.7. The molecule has 2 saturated carbocycles. The van der Waals surface area contributed by atoms with E-state index in [2.05, 4.69) is 154 Å². The lowest BCUT2D eigenvalue weighted by atomic mass is 9.70. The van der Waals surface area contributed by atoms with Gasteiger partial charge in [0.15, 0.2) is 0 Å². The molecule has 0 atom stereocenters. The van der Waals surface area contributed by atoms with Crippen molar-refractivity contribution in [2.75, 3.05) is 10.6 Å². The van der Waals surface area contributed by atoms with Crippen molar-refractivity contribution in [1.29, 1.82) is 0 Å². The smallest absolute Gasteiger partial charge is 0.312 e. The van der Waals surface area contributed by atoms with E-state index in [9.17, 15) is 14.7 Å². The maximum absolute atomic E-state index is 14.1. The third kappa shape index (κ3) is 15.1. The molecule has 0 bridgehead atoms. The molecule has 2 aliphatic rings. The van der Waals surface area contributed by atoms with Crippen LogP contribution in [0, 0.1) is 10.8 Å². The molecule has 4 heterocycles. The molecule has 0 radical (unpaired) electrons. The predicted molar refractivity (Wildman–Crippen MR) is 314 cm³/mol. The van der Waals surface area contributed by atoms with Crippen molar-refractivity contribution in [2.24, 2.45) is 10.8 Å². The van der Waals surface area contributed by atoms with Gasteiger partial charge in [-0.2, -0.15) is 10.2 Å². The molecule has 2 aromatic carbocycles. The normalized spacial score (nSPS) is 20.4. The van der Waals surface area contributed by atoms with Gasteiger partial charge in [0, 0.05) is 43.5 Å². The summed E-state index contributed by atoms with van der Waals surface area (Å²) in [6.07, 6.45) is 15.9. The van der Waals surface area contributed by atoms with Crippen LogP contribution >= 0.6 is 0 Å². The number of benzene rings is 2. The van der Waals surface area contributed by atoms with Crippen molar-refractivity contribution < 1.29 is 28.6 Å². The Bertz CT molecular complexity index is 2910. The zero-order valence-electron chi connectivity index (χ0n) is 49.7. The minimum Gasteiger partial charge on any atom is -0.460 e. The maximum atomic E-state index is 14.1. The fraction of sp³-hybridized carbons (Fsp3) is 0.548. The summed E-state index contributed by atoms with van der Waals surface area (Å²) >= 11 is 0. The maximum Gasteiger partial charge on any atom is 0.312 e. The average molecular weight is 1100 g/mol. The van der Waals surface area contributed by atoms with Crippen LogP contribution in [0.15, 0.2) is 110 Å². The van der Waals surface area contributed by atoms with E-state index in [1.165, 1.54) is 10.4 Å². The minimum absolute atomic E-state index is 0.00337. The van der Waals surface area contributed by atoms with E-state index in [1.54, 1.807) is 37.2 Å². The van der Waals surface area contributed by atoms with Crippen molar-refractivity contribution in [2.45, 2.75) is 208 Å². The van der Waals surface area contributed by atoms with Crippen LogP contribution < -0.4 is 21.0 Å². The van der Waals surface area contributed by atoms with Gasteiger partial charge in [-0.3, -0.25) is 19.6 Å². The Balaban J connectivity index is 0.000000251. The second kappa shape index (κ2) is 23.8. The van der Waals surface area contributed by atoms with Crippen molar-refractivity contribution >= 4 is 53.9 Å². The predicted octanol–water partition coefficient (Wildman–Crippen LogP) is 11.5. The molecule has 2 aliphatic carbocycles. The van der Waals surface area contributed by atoms with Crippen molar-refractivity contribution in [1.82, 2.24) is 39.5 Å². The van der Waals surface area contributed by atoms with E-state index in [4.69, 9.17) is 23.9 Å². The first kappa shape index (κ1) is 60.3. The second-order valence-corrected chi connectivity index (χ2v) is 31.0. The Morgan fingerprint density at radius 2 is 0.949 bits per heavy atom. The van der Waals surface area contributed by atoms with Crippen molar-refractivity contribution in [3.63, 3.8) is 0 Å². The summed E-state index contributed by atoms with van der Waals surface area (Å²) < 4.78 is 23.2. The molecule has 8 rings (SSSR count). The number of rotatable bonds is 14. The second-order valence-electron chi connectivity index (χ2n) is 26.8. The first-order valence-electron chi connectivity index (χ1n) is 28.1. The fourth-order valence-corrected chi connectivity index (χ4v) is 15.7. The molecule has 0 amide bonds. The number of aliphatic hydroxyl groups is 1. The van der Waals surface area contributed by atoms with Crippen LogP contribution in [0.3, 0.4) is 0 Å². The van der Waals surface area contributed by atoms with Crippen LogP contribution in [-0.4, -0.2) is 88.3 Å². The number of aromatic nitrogens is 8. The van der Waals surface area contributed by atoms with Gasteiger partial charge >= 0.3 is 11.9 Å². The lowest BCUT2D eigenvalue weighted by molar-refractivity contribution is -0.172. The van der Waals surface area contributed by atoms with Crippen LogP contribution in [0.4, 0.5) is 23.3 Å². The van der Waals surface area contributed by atoms with E-state index < -0.39 is 30.3 Å². The minimum atomic E-state index is -2.73. The highest BCUT2D eigenvalue weighted by Gasteiger charge is 2.53.